The molecule has 1 aromatic heterocycles. The molecule has 0 aliphatic heterocycles. The number of hydrogen-bond donors (Lipinski definition) is 0. The van der Waals surface area contributed by atoms with Crippen LogP contribution in [-0.4, -0.2) is 19.9 Å². The minimum Gasteiger partial charge on any atom is -0.459 e. The number of nitrogens with zero attached hydrogens (tertiary/aromatic N) is 1. The predicted molar refractivity (Wildman–Crippen MR) is 43.0 cm³/mol. The highest BCUT2D eigenvalue weighted by Gasteiger charge is 2.06. The van der Waals surface area contributed by atoms with Gasteiger partial charge < -0.3 is 9.32 Å². The summed E-state index contributed by atoms with van der Waals surface area (Å²) in [5.41, 5.74) is 0.912. The van der Waals surface area contributed by atoms with Crippen molar-refractivity contribution in [3.63, 3.8) is 0 Å². The summed E-state index contributed by atoms with van der Waals surface area (Å²) in [6.07, 6.45) is 1.57. The summed E-state index contributed by atoms with van der Waals surface area (Å²) >= 11 is 0. The van der Waals surface area contributed by atoms with Gasteiger partial charge in [0.2, 0.25) is 0 Å². The molecule has 0 spiro atoms. The average Bonchev–Trinajstić information content (AvgIpc) is 2.33. The zero-order valence-electron chi connectivity index (χ0n) is 6.92. The molecule has 0 saturated heterocycles. The van der Waals surface area contributed by atoms with Crippen molar-refractivity contribution >= 4 is 11.5 Å². The fourth-order valence-corrected chi connectivity index (χ4v) is 0.745. The van der Waals surface area contributed by atoms with Crippen molar-refractivity contribution in [3.8, 4) is 0 Å². The van der Waals surface area contributed by atoms with Gasteiger partial charge in [-0.1, -0.05) is 0 Å². The lowest BCUT2D eigenvalue weighted by molar-refractivity contribution is 0.0987. The molecule has 0 bridgehead atoms. The number of anilines is 1. The average molecular weight is 153 g/mol. The van der Waals surface area contributed by atoms with Crippen LogP contribution >= 0.6 is 0 Å². The Balaban J connectivity index is 2.90. The molecule has 1 rings (SSSR count). The molecule has 0 atom stereocenters. The smallest absolute Gasteiger partial charge is 0.194 e. The highest BCUT2D eigenvalue weighted by molar-refractivity contribution is 5.92. The first-order chi connectivity index (χ1) is 5.11. The maximum absolute atomic E-state index is 10.8. The molecule has 0 radical (unpaired) electrons. The fraction of sp³-hybridized carbons (Fsp3) is 0.375. The van der Waals surface area contributed by atoms with E-state index < -0.39 is 0 Å². The first kappa shape index (κ1) is 7.85. The van der Waals surface area contributed by atoms with Crippen molar-refractivity contribution < 1.29 is 9.21 Å². The highest BCUT2D eigenvalue weighted by atomic mass is 16.3. The molecule has 1 aromatic rings. The molecule has 60 valence electrons. The zero-order valence-corrected chi connectivity index (χ0v) is 6.92. The van der Waals surface area contributed by atoms with Crippen LogP contribution in [0.5, 0.6) is 0 Å². The Morgan fingerprint density at radius 2 is 2.18 bits per heavy atom. The van der Waals surface area contributed by atoms with Gasteiger partial charge in [0.15, 0.2) is 11.5 Å². The summed E-state index contributed by atoms with van der Waals surface area (Å²) in [6, 6.07) is 1.72. The SMILES string of the molecule is CC(=O)c1cc(N(C)C)co1. The van der Waals surface area contributed by atoms with E-state index in [-0.39, 0.29) is 5.78 Å². The van der Waals surface area contributed by atoms with E-state index in [9.17, 15) is 4.79 Å². The normalized spacial score (nSPS) is 9.73. The summed E-state index contributed by atoms with van der Waals surface area (Å²) in [5, 5.41) is 0. The van der Waals surface area contributed by atoms with Crippen LogP contribution in [0, 0.1) is 0 Å². The van der Waals surface area contributed by atoms with E-state index in [1.165, 1.54) is 6.92 Å². The van der Waals surface area contributed by atoms with Crippen LogP contribution in [0.25, 0.3) is 0 Å². The maximum Gasteiger partial charge on any atom is 0.194 e. The largest absolute Gasteiger partial charge is 0.459 e. The molecule has 0 aliphatic carbocycles. The second-order valence-corrected chi connectivity index (χ2v) is 2.62. The Hall–Kier alpha value is -1.25. The van der Waals surface area contributed by atoms with E-state index in [1.807, 2.05) is 19.0 Å². The molecule has 0 aromatic carbocycles. The van der Waals surface area contributed by atoms with Crippen molar-refractivity contribution in [2.45, 2.75) is 6.92 Å². The second-order valence-electron chi connectivity index (χ2n) is 2.62. The standard InChI is InChI=1S/C8H11NO2/c1-6(10)8-4-7(5-11-8)9(2)3/h4-5H,1-3H3. The van der Waals surface area contributed by atoms with Crippen molar-refractivity contribution in [2.24, 2.45) is 0 Å². The lowest BCUT2D eigenvalue weighted by atomic mass is 10.3. The summed E-state index contributed by atoms with van der Waals surface area (Å²) < 4.78 is 5.00. The quantitative estimate of drug-likeness (QED) is 0.604. The third-order valence-corrected chi connectivity index (χ3v) is 1.45. The van der Waals surface area contributed by atoms with Gasteiger partial charge in [-0.15, -0.1) is 0 Å². The molecule has 0 aliphatic rings. The molecule has 0 fully saturated rings. The van der Waals surface area contributed by atoms with Gasteiger partial charge in [0, 0.05) is 27.1 Å². The molecule has 3 nitrogen and oxygen atoms in total. The van der Waals surface area contributed by atoms with Gasteiger partial charge in [-0.05, 0) is 0 Å². The molecule has 0 saturated carbocycles. The Kier molecular flexibility index (Phi) is 1.98. The monoisotopic (exact) mass is 153 g/mol. The molecule has 11 heavy (non-hydrogen) atoms. The number of ketones is 1. The predicted octanol–water partition coefficient (Wildman–Crippen LogP) is 1.55. The van der Waals surface area contributed by atoms with Crippen LogP contribution in [0.4, 0.5) is 5.69 Å². The van der Waals surface area contributed by atoms with E-state index in [2.05, 4.69) is 0 Å². The Morgan fingerprint density at radius 3 is 2.45 bits per heavy atom. The van der Waals surface area contributed by atoms with Gasteiger partial charge in [0.25, 0.3) is 0 Å². The second kappa shape index (κ2) is 2.78. The number of carbonyl (C=O) groups excluding carboxylic acids is 1. The Morgan fingerprint density at radius 1 is 1.55 bits per heavy atom. The summed E-state index contributed by atoms with van der Waals surface area (Å²) in [5.74, 6) is 0.367. The van der Waals surface area contributed by atoms with Crippen LogP contribution in [0.1, 0.15) is 17.5 Å². The van der Waals surface area contributed by atoms with Crippen molar-refractivity contribution in [1.82, 2.24) is 0 Å². The number of rotatable bonds is 2. The van der Waals surface area contributed by atoms with Crippen LogP contribution in [0.3, 0.4) is 0 Å². The first-order valence-electron chi connectivity index (χ1n) is 3.38. The van der Waals surface area contributed by atoms with Crippen molar-refractivity contribution in [3.05, 3.63) is 18.1 Å². The third kappa shape index (κ3) is 1.61. The van der Waals surface area contributed by atoms with Crippen LogP contribution in [0.15, 0.2) is 16.7 Å². The van der Waals surface area contributed by atoms with E-state index in [0.717, 1.165) is 5.69 Å². The fourth-order valence-electron chi connectivity index (χ4n) is 0.745. The lowest BCUT2D eigenvalue weighted by Gasteiger charge is -2.06. The minimum atomic E-state index is -0.0434. The van der Waals surface area contributed by atoms with E-state index in [1.54, 1.807) is 12.3 Å². The molecular weight excluding hydrogens is 142 g/mol. The van der Waals surface area contributed by atoms with Gasteiger partial charge in [-0.25, -0.2) is 0 Å². The molecular formula is C8H11NO2. The minimum absolute atomic E-state index is 0.0434. The van der Waals surface area contributed by atoms with Gasteiger partial charge >= 0.3 is 0 Å². The number of Topliss-reactive ketones (excluding diaryl/α,β-unsaturated/α-hetero) is 1. The summed E-state index contributed by atoms with van der Waals surface area (Å²) in [6.45, 7) is 1.48. The maximum atomic E-state index is 10.8. The van der Waals surface area contributed by atoms with Gasteiger partial charge in [0.1, 0.15) is 6.26 Å². The van der Waals surface area contributed by atoms with Gasteiger partial charge in [-0.3, -0.25) is 4.79 Å². The van der Waals surface area contributed by atoms with Gasteiger partial charge in [-0.2, -0.15) is 0 Å². The Labute approximate surface area is 65.6 Å². The van der Waals surface area contributed by atoms with E-state index in [4.69, 9.17) is 4.42 Å². The Bertz CT molecular complexity index is 263. The van der Waals surface area contributed by atoms with Crippen LogP contribution in [0.2, 0.25) is 0 Å². The molecule has 0 N–H and O–H groups in total. The highest BCUT2D eigenvalue weighted by Crippen LogP contribution is 2.15. The lowest BCUT2D eigenvalue weighted by Crippen LogP contribution is -2.06. The van der Waals surface area contributed by atoms with Crippen molar-refractivity contribution in [1.29, 1.82) is 0 Å². The molecule has 0 amide bonds. The summed E-state index contributed by atoms with van der Waals surface area (Å²) in [4.78, 5) is 12.7. The number of carbonyl (C=O) groups is 1. The number of hydrogen-bond acceptors (Lipinski definition) is 3. The van der Waals surface area contributed by atoms with Crippen LogP contribution < -0.4 is 4.90 Å². The van der Waals surface area contributed by atoms with Gasteiger partial charge in [0.05, 0.1) is 5.69 Å². The van der Waals surface area contributed by atoms with Crippen molar-refractivity contribution in [2.75, 3.05) is 19.0 Å². The van der Waals surface area contributed by atoms with Crippen LogP contribution in [-0.2, 0) is 0 Å². The summed E-state index contributed by atoms with van der Waals surface area (Å²) in [7, 11) is 3.80. The third-order valence-electron chi connectivity index (χ3n) is 1.45. The molecule has 3 heteroatoms. The topological polar surface area (TPSA) is 33.5 Å². The first-order valence-corrected chi connectivity index (χ1v) is 3.38. The molecule has 1 heterocycles. The molecule has 0 unspecified atom stereocenters. The zero-order chi connectivity index (χ0) is 8.43. The van der Waals surface area contributed by atoms with E-state index >= 15 is 0 Å². The number of furan rings is 1. The van der Waals surface area contributed by atoms with E-state index in [0.29, 0.717) is 5.76 Å².